The van der Waals surface area contributed by atoms with E-state index in [4.69, 9.17) is 23.2 Å². The summed E-state index contributed by atoms with van der Waals surface area (Å²) in [5, 5.41) is 11.1. The molecule has 2 aromatic carbocycles. The van der Waals surface area contributed by atoms with Gasteiger partial charge in [0.15, 0.2) is 5.60 Å². The maximum atomic E-state index is 13.4. The fraction of sp³-hybridized carbons (Fsp3) is 0.400. The molecular formula is C20H23Cl2F3O. The molecule has 6 heteroatoms. The maximum Gasteiger partial charge on any atom is 0.421 e. The third kappa shape index (κ3) is 4.73. The van der Waals surface area contributed by atoms with Gasteiger partial charge in [0.05, 0.1) is 0 Å². The summed E-state index contributed by atoms with van der Waals surface area (Å²) >= 11 is 12.0. The van der Waals surface area contributed by atoms with Crippen LogP contribution in [-0.4, -0.2) is 11.3 Å². The molecule has 0 amide bonds. The van der Waals surface area contributed by atoms with E-state index in [1.807, 2.05) is 13.8 Å². The van der Waals surface area contributed by atoms with Gasteiger partial charge in [-0.05, 0) is 42.2 Å². The van der Waals surface area contributed by atoms with Gasteiger partial charge in [-0.2, -0.15) is 13.2 Å². The van der Waals surface area contributed by atoms with Crippen LogP contribution in [-0.2, 0) is 5.60 Å². The Morgan fingerprint density at radius 3 is 2.00 bits per heavy atom. The number of rotatable bonds is 4. The molecule has 1 N–H and O–H groups in total. The molecule has 0 saturated carbocycles. The Hall–Kier alpha value is -1.23. The molecule has 0 heterocycles. The summed E-state index contributed by atoms with van der Waals surface area (Å²) in [6.45, 7) is 7.29. The van der Waals surface area contributed by atoms with Crippen molar-refractivity contribution in [3.8, 4) is 11.1 Å². The molecule has 0 aromatic heterocycles. The molecule has 0 aliphatic heterocycles. The van der Waals surface area contributed by atoms with Gasteiger partial charge >= 0.3 is 6.18 Å². The normalized spacial score (nSPS) is 13.6. The molecule has 0 radical (unpaired) electrons. The Bertz CT molecular complexity index is 744. The molecule has 2 aromatic rings. The zero-order chi connectivity index (χ0) is 20.1. The molecule has 1 nitrogen and oxygen atoms in total. The highest BCUT2D eigenvalue weighted by Gasteiger charge is 2.54. The molecule has 1 unspecified atom stereocenters. The lowest BCUT2D eigenvalue weighted by Gasteiger charge is -2.31. The first-order valence-corrected chi connectivity index (χ1v) is 9.21. The zero-order valence-corrected chi connectivity index (χ0v) is 16.7. The molecule has 0 aliphatic carbocycles. The third-order valence-corrected chi connectivity index (χ3v) is 4.55. The van der Waals surface area contributed by atoms with Gasteiger partial charge in [0.2, 0.25) is 0 Å². The lowest BCUT2D eigenvalue weighted by molar-refractivity contribution is -0.269. The van der Waals surface area contributed by atoms with Gasteiger partial charge < -0.3 is 5.11 Å². The van der Waals surface area contributed by atoms with Crippen molar-refractivity contribution in [3.05, 3.63) is 57.6 Å². The molecule has 0 saturated heterocycles. The average molecular weight is 407 g/mol. The smallest absolute Gasteiger partial charge is 0.376 e. The van der Waals surface area contributed by atoms with E-state index in [0.29, 0.717) is 26.7 Å². The second kappa shape index (κ2) is 9.12. The van der Waals surface area contributed by atoms with Crippen LogP contribution in [0.5, 0.6) is 0 Å². The van der Waals surface area contributed by atoms with Crippen molar-refractivity contribution in [3.63, 3.8) is 0 Å². The van der Waals surface area contributed by atoms with Crippen LogP contribution in [0.4, 0.5) is 13.2 Å². The molecule has 0 bridgehead atoms. The van der Waals surface area contributed by atoms with Crippen LogP contribution in [0, 0.1) is 6.92 Å². The first-order chi connectivity index (χ1) is 12.1. The van der Waals surface area contributed by atoms with Gasteiger partial charge in [-0.1, -0.05) is 74.7 Å². The number of aliphatic hydroxyl groups is 1. The van der Waals surface area contributed by atoms with Crippen molar-refractivity contribution in [2.45, 2.75) is 52.3 Å². The Balaban J connectivity index is 0.00000163. The summed E-state index contributed by atoms with van der Waals surface area (Å²) in [6.07, 6.45) is -4.92. The Morgan fingerprint density at radius 2 is 1.54 bits per heavy atom. The number of hydrogen-bond acceptors (Lipinski definition) is 1. The van der Waals surface area contributed by atoms with E-state index < -0.39 is 18.2 Å². The van der Waals surface area contributed by atoms with Crippen molar-refractivity contribution in [1.82, 2.24) is 0 Å². The molecule has 0 fully saturated rings. The SMILES string of the molecule is CC.CCCC(O)(c1ccc(-c2ccc(Cl)cc2Cl)c(C)c1)C(F)(F)F. The highest BCUT2D eigenvalue weighted by atomic mass is 35.5. The number of halogens is 5. The fourth-order valence-corrected chi connectivity index (χ4v) is 3.25. The minimum absolute atomic E-state index is 0.164. The second-order valence-electron chi connectivity index (χ2n) is 5.76. The number of hydrogen-bond donors (Lipinski definition) is 1. The van der Waals surface area contributed by atoms with E-state index in [1.54, 1.807) is 38.1 Å². The van der Waals surface area contributed by atoms with E-state index >= 15 is 0 Å². The summed E-state index contributed by atoms with van der Waals surface area (Å²) in [7, 11) is 0. The molecular weight excluding hydrogens is 384 g/mol. The molecule has 0 spiro atoms. The highest BCUT2D eigenvalue weighted by Crippen LogP contribution is 2.43. The molecule has 2 rings (SSSR count). The third-order valence-electron chi connectivity index (χ3n) is 4.01. The van der Waals surface area contributed by atoms with Crippen molar-refractivity contribution < 1.29 is 18.3 Å². The lowest BCUT2D eigenvalue weighted by Crippen LogP contribution is -2.42. The Labute approximate surface area is 162 Å². The van der Waals surface area contributed by atoms with Gasteiger partial charge in [-0.25, -0.2) is 0 Å². The van der Waals surface area contributed by atoms with Crippen LogP contribution in [0.1, 0.15) is 44.7 Å². The molecule has 144 valence electrons. The van der Waals surface area contributed by atoms with E-state index in [2.05, 4.69) is 0 Å². The van der Waals surface area contributed by atoms with Gasteiger partial charge in [-0.3, -0.25) is 0 Å². The van der Waals surface area contributed by atoms with Crippen LogP contribution in [0.3, 0.4) is 0 Å². The van der Waals surface area contributed by atoms with Crippen molar-refractivity contribution in [2.75, 3.05) is 0 Å². The Kier molecular flexibility index (Phi) is 8.00. The van der Waals surface area contributed by atoms with Crippen LogP contribution >= 0.6 is 23.2 Å². The van der Waals surface area contributed by atoms with Crippen LogP contribution in [0.15, 0.2) is 36.4 Å². The van der Waals surface area contributed by atoms with Crippen LogP contribution < -0.4 is 0 Å². The molecule has 26 heavy (non-hydrogen) atoms. The molecule has 0 aliphatic rings. The summed E-state index contributed by atoms with van der Waals surface area (Å²) in [5.74, 6) is 0. The van der Waals surface area contributed by atoms with Crippen molar-refractivity contribution in [1.29, 1.82) is 0 Å². The second-order valence-corrected chi connectivity index (χ2v) is 6.61. The van der Waals surface area contributed by atoms with Crippen molar-refractivity contribution in [2.24, 2.45) is 0 Å². The average Bonchev–Trinajstić information content (AvgIpc) is 2.56. The summed E-state index contributed by atoms with van der Waals surface area (Å²) in [6, 6.07) is 9.18. The predicted molar refractivity (Wildman–Crippen MR) is 103 cm³/mol. The van der Waals surface area contributed by atoms with Crippen molar-refractivity contribution >= 4 is 23.2 Å². The maximum absolute atomic E-state index is 13.4. The van der Waals surface area contributed by atoms with E-state index in [9.17, 15) is 18.3 Å². The minimum Gasteiger partial charge on any atom is -0.376 e. The summed E-state index contributed by atoms with van der Waals surface area (Å²) in [4.78, 5) is 0. The summed E-state index contributed by atoms with van der Waals surface area (Å²) in [5.41, 5.74) is -1.05. The van der Waals surface area contributed by atoms with E-state index in [-0.39, 0.29) is 12.0 Å². The monoisotopic (exact) mass is 406 g/mol. The quantitative estimate of drug-likeness (QED) is 0.555. The highest BCUT2D eigenvalue weighted by molar-refractivity contribution is 6.36. The lowest BCUT2D eigenvalue weighted by atomic mass is 9.86. The van der Waals surface area contributed by atoms with E-state index in [0.717, 1.165) is 0 Å². The number of benzene rings is 2. The largest absolute Gasteiger partial charge is 0.421 e. The van der Waals surface area contributed by atoms with Gasteiger partial charge in [0.25, 0.3) is 0 Å². The van der Waals surface area contributed by atoms with Crippen LogP contribution in [0.25, 0.3) is 11.1 Å². The standard InChI is InChI=1S/C18H17Cl2F3O.C2H6/c1-3-8-17(24,18(21,22)23)12-4-6-14(11(2)9-12)15-7-5-13(19)10-16(15)20;1-2/h4-7,9-10,24H,3,8H2,1-2H3;1-2H3. The first-order valence-electron chi connectivity index (χ1n) is 8.46. The minimum atomic E-state index is -4.74. The van der Waals surface area contributed by atoms with Gasteiger partial charge in [-0.15, -0.1) is 0 Å². The number of aryl methyl sites for hydroxylation is 1. The Morgan fingerprint density at radius 1 is 0.962 bits per heavy atom. The predicted octanol–water partition coefficient (Wildman–Crippen LogP) is 7.55. The number of alkyl halides is 3. The van der Waals surface area contributed by atoms with Gasteiger partial charge in [0, 0.05) is 15.6 Å². The zero-order valence-electron chi connectivity index (χ0n) is 15.2. The first kappa shape index (κ1) is 22.8. The van der Waals surface area contributed by atoms with Gasteiger partial charge in [0.1, 0.15) is 0 Å². The fourth-order valence-electron chi connectivity index (χ4n) is 2.74. The van der Waals surface area contributed by atoms with Crippen LogP contribution in [0.2, 0.25) is 10.0 Å². The van der Waals surface area contributed by atoms with E-state index in [1.165, 1.54) is 12.1 Å². The topological polar surface area (TPSA) is 20.2 Å². The molecule has 1 atom stereocenters. The summed E-state index contributed by atoms with van der Waals surface area (Å²) < 4.78 is 40.1.